The van der Waals surface area contributed by atoms with Crippen LogP contribution in [0.25, 0.3) is 11.5 Å². The molecule has 0 aliphatic heterocycles. The quantitative estimate of drug-likeness (QED) is 0.139. The molecule has 0 bridgehead atoms. The third kappa shape index (κ3) is 9.55. The first-order chi connectivity index (χ1) is 22.2. The molecule has 0 radical (unpaired) electrons. The van der Waals surface area contributed by atoms with Crippen LogP contribution < -0.4 is 11.1 Å². The van der Waals surface area contributed by atoms with Gasteiger partial charge >= 0.3 is 5.97 Å². The number of aryl methyl sites for hydroxylation is 1. The summed E-state index contributed by atoms with van der Waals surface area (Å²) in [5.74, 6) is -2.11. The lowest BCUT2D eigenvalue weighted by molar-refractivity contribution is 0.0238. The van der Waals surface area contributed by atoms with Gasteiger partial charge in [0, 0.05) is 49.4 Å². The molecular formula is C36H42F2N4O4. The van der Waals surface area contributed by atoms with Crippen molar-refractivity contribution in [3.63, 3.8) is 0 Å². The minimum atomic E-state index is -0.880. The normalized spacial score (nSPS) is 12.5. The number of nitrogens with zero attached hydrogens (tertiary/aromatic N) is 2. The van der Waals surface area contributed by atoms with E-state index in [0.29, 0.717) is 36.3 Å². The largest absolute Gasteiger partial charge is 0.456 e. The summed E-state index contributed by atoms with van der Waals surface area (Å²) in [6, 6.07) is 15.2. The molecule has 244 valence electrons. The number of ether oxygens (including phenoxy) is 1. The lowest BCUT2D eigenvalue weighted by Crippen LogP contribution is -2.46. The van der Waals surface area contributed by atoms with Gasteiger partial charge in [0.05, 0.1) is 11.8 Å². The molecular weight excluding hydrogens is 590 g/mol. The van der Waals surface area contributed by atoms with Crippen molar-refractivity contribution in [2.45, 2.75) is 65.1 Å². The second-order valence-electron chi connectivity index (χ2n) is 11.3. The molecule has 0 saturated heterocycles. The van der Waals surface area contributed by atoms with E-state index in [1.807, 2.05) is 26.0 Å². The van der Waals surface area contributed by atoms with Crippen molar-refractivity contribution in [3.05, 3.63) is 113 Å². The fourth-order valence-electron chi connectivity index (χ4n) is 5.33. The summed E-state index contributed by atoms with van der Waals surface area (Å²) >= 11 is 0. The molecule has 0 aliphatic rings. The number of hydrogen-bond donors (Lipinski definition) is 2. The Morgan fingerprint density at radius 2 is 1.63 bits per heavy atom. The number of aromatic nitrogens is 1. The molecule has 0 unspecified atom stereocenters. The van der Waals surface area contributed by atoms with Gasteiger partial charge in [-0.1, -0.05) is 45.0 Å². The summed E-state index contributed by atoms with van der Waals surface area (Å²) in [5, 5.41) is 3.31. The number of rotatable bonds is 16. The number of carbonyl (C=O) groups excluding carboxylic acids is 2. The van der Waals surface area contributed by atoms with Crippen LogP contribution in [0.1, 0.15) is 71.0 Å². The maximum Gasteiger partial charge on any atom is 0.338 e. The number of oxazole rings is 1. The van der Waals surface area contributed by atoms with Crippen molar-refractivity contribution in [2.75, 3.05) is 19.6 Å². The molecule has 46 heavy (non-hydrogen) atoms. The Bertz CT molecular complexity index is 1570. The van der Waals surface area contributed by atoms with Crippen LogP contribution in [-0.2, 0) is 24.1 Å². The van der Waals surface area contributed by atoms with Crippen molar-refractivity contribution < 1.29 is 27.5 Å². The van der Waals surface area contributed by atoms with Gasteiger partial charge in [-0.2, -0.15) is 0 Å². The highest BCUT2D eigenvalue weighted by Crippen LogP contribution is 2.24. The summed E-state index contributed by atoms with van der Waals surface area (Å²) in [5.41, 5.74) is 10.00. The standard InChI is InChI=1S/C36H42F2N4O4/c1-4-11-42(12-5-2)35(43)28-18-27(34-41-10-13-45-34)19-29(20-28)36(44)46-33(23-40-22-25-9-7-8-24(6-3)14-25)32(39)17-26-15-30(37)21-31(38)16-26/h7-10,13-16,18-21,32-33,40H,4-6,11-12,17,22-23,39H2,1-3H3/t32-,33+/m0/s1. The minimum absolute atomic E-state index is 0.0582. The van der Waals surface area contributed by atoms with Gasteiger partial charge in [-0.15, -0.1) is 0 Å². The molecule has 1 amide bonds. The van der Waals surface area contributed by atoms with E-state index in [2.05, 4.69) is 29.4 Å². The molecule has 2 atom stereocenters. The highest BCUT2D eigenvalue weighted by atomic mass is 19.1. The average molecular weight is 633 g/mol. The zero-order valence-electron chi connectivity index (χ0n) is 26.6. The molecule has 1 heterocycles. The van der Waals surface area contributed by atoms with Crippen molar-refractivity contribution in [1.29, 1.82) is 0 Å². The van der Waals surface area contributed by atoms with Crippen LogP contribution >= 0.6 is 0 Å². The van der Waals surface area contributed by atoms with Crippen LogP contribution in [0.15, 0.2) is 77.5 Å². The molecule has 0 fully saturated rings. The fraction of sp³-hybridized carbons (Fsp3) is 0.361. The highest BCUT2D eigenvalue weighted by molar-refractivity contribution is 5.99. The van der Waals surface area contributed by atoms with Gasteiger partial charge in [-0.05, 0) is 72.7 Å². The Kier molecular flexibility index (Phi) is 12.6. The predicted octanol–water partition coefficient (Wildman–Crippen LogP) is 6.33. The van der Waals surface area contributed by atoms with Crippen molar-refractivity contribution in [2.24, 2.45) is 5.73 Å². The van der Waals surface area contributed by atoms with Gasteiger partial charge in [0.1, 0.15) is 24.0 Å². The molecule has 3 aromatic carbocycles. The Labute approximate surface area is 269 Å². The highest BCUT2D eigenvalue weighted by Gasteiger charge is 2.26. The average Bonchev–Trinajstić information content (AvgIpc) is 3.58. The summed E-state index contributed by atoms with van der Waals surface area (Å²) in [6.07, 6.45) is 4.53. The maximum atomic E-state index is 14.0. The number of esters is 1. The van der Waals surface area contributed by atoms with Gasteiger partial charge in [0.25, 0.3) is 5.91 Å². The number of amides is 1. The van der Waals surface area contributed by atoms with E-state index in [1.165, 1.54) is 36.2 Å². The van der Waals surface area contributed by atoms with E-state index >= 15 is 0 Å². The second kappa shape index (κ2) is 16.8. The number of benzene rings is 3. The van der Waals surface area contributed by atoms with Crippen LogP contribution in [0.2, 0.25) is 0 Å². The first-order valence-electron chi connectivity index (χ1n) is 15.7. The fourth-order valence-corrected chi connectivity index (χ4v) is 5.33. The minimum Gasteiger partial charge on any atom is -0.456 e. The van der Waals surface area contributed by atoms with Crippen LogP contribution in [0, 0.1) is 11.6 Å². The SMILES string of the molecule is CCCN(CCC)C(=O)c1cc(C(=O)O[C@H](CNCc2cccc(CC)c2)[C@@H](N)Cc2cc(F)cc(F)c2)cc(-c2ncco2)c1. The topological polar surface area (TPSA) is 111 Å². The van der Waals surface area contributed by atoms with Crippen LogP contribution in [-0.4, -0.2) is 53.5 Å². The van der Waals surface area contributed by atoms with Gasteiger partial charge in [0.2, 0.25) is 5.89 Å². The van der Waals surface area contributed by atoms with Crippen LogP contribution in [0.4, 0.5) is 8.78 Å². The summed E-state index contributed by atoms with van der Waals surface area (Å²) in [7, 11) is 0. The molecule has 0 spiro atoms. The third-order valence-corrected chi connectivity index (χ3v) is 7.57. The first-order valence-corrected chi connectivity index (χ1v) is 15.7. The van der Waals surface area contributed by atoms with E-state index in [-0.39, 0.29) is 30.3 Å². The smallest absolute Gasteiger partial charge is 0.338 e. The Hall–Kier alpha value is -4.41. The third-order valence-electron chi connectivity index (χ3n) is 7.57. The number of nitrogens with one attached hydrogen (secondary N) is 1. The predicted molar refractivity (Wildman–Crippen MR) is 173 cm³/mol. The van der Waals surface area contributed by atoms with E-state index in [4.69, 9.17) is 14.9 Å². The van der Waals surface area contributed by atoms with E-state index < -0.39 is 29.7 Å². The molecule has 10 heteroatoms. The van der Waals surface area contributed by atoms with Gasteiger partial charge in [0.15, 0.2) is 0 Å². The second-order valence-corrected chi connectivity index (χ2v) is 11.3. The molecule has 4 aromatic rings. The van der Waals surface area contributed by atoms with Crippen molar-refractivity contribution in [1.82, 2.24) is 15.2 Å². The molecule has 0 saturated carbocycles. The monoisotopic (exact) mass is 632 g/mol. The zero-order chi connectivity index (χ0) is 33.1. The number of halogens is 2. The van der Waals surface area contributed by atoms with Crippen molar-refractivity contribution in [3.8, 4) is 11.5 Å². The van der Waals surface area contributed by atoms with E-state index in [0.717, 1.165) is 30.9 Å². The van der Waals surface area contributed by atoms with E-state index in [9.17, 15) is 18.4 Å². The number of hydrogen-bond acceptors (Lipinski definition) is 7. The Balaban J connectivity index is 1.61. The number of carbonyl (C=O) groups is 2. The molecule has 1 aromatic heterocycles. The molecule has 3 N–H and O–H groups in total. The molecule has 0 aliphatic carbocycles. The lowest BCUT2D eigenvalue weighted by Gasteiger charge is -2.25. The van der Waals surface area contributed by atoms with Crippen molar-refractivity contribution >= 4 is 11.9 Å². The maximum absolute atomic E-state index is 14.0. The van der Waals surface area contributed by atoms with Gasteiger partial charge in [-0.3, -0.25) is 4.79 Å². The lowest BCUT2D eigenvalue weighted by atomic mass is 10.0. The van der Waals surface area contributed by atoms with Gasteiger partial charge < -0.3 is 25.1 Å². The Morgan fingerprint density at radius 3 is 2.28 bits per heavy atom. The van der Waals surface area contributed by atoms with Gasteiger partial charge in [-0.25, -0.2) is 18.6 Å². The Morgan fingerprint density at radius 1 is 0.935 bits per heavy atom. The summed E-state index contributed by atoms with van der Waals surface area (Å²) < 4.78 is 39.4. The molecule has 4 rings (SSSR count). The summed E-state index contributed by atoms with van der Waals surface area (Å²) in [4.78, 5) is 33.3. The first kappa shape index (κ1) is 34.5. The summed E-state index contributed by atoms with van der Waals surface area (Å²) in [6.45, 7) is 7.88. The zero-order valence-corrected chi connectivity index (χ0v) is 26.6. The number of nitrogens with two attached hydrogens (primary N) is 1. The van der Waals surface area contributed by atoms with Crippen LogP contribution in [0.3, 0.4) is 0 Å². The van der Waals surface area contributed by atoms with E-state index in [1.54, 1.807) is 17.0 Å². The molecule has 8 nitrogen and oxygen atoms in total. The van der Waals surface area contributed by atoms with Crippen LogP contribution in [0.5, 0.6) is 0 Å².